The van der Waals surface area contributed by atoms with Gasteiger partial charge in [0.25, 0.3) is 0 Å². The predicted molar refractivity (Wildman–Crippen MR) is 177 cm³/mol. The molecule has 0 saturated carbocycles. The molecule has 2 heterocycles. The van der Waals surface area contributed by atoms with Gasteiger partial charge in [-0.25, -0.2) is 4.79 Å². The molecule has 4 amide bonds. The molecular weight excluding hydrogens is 690 g/mol. The number of halogens is 2. The monoisotopic (exact) mass is 723 g/mol. The Labute approximate surface area is 273 Å². The zero-order valence-corrected chi connectivity index (χ0v) is 27.4. The van der Waals surface area contributed by atoms with Crippen molar-refractivity contribution in [3.63, 3.8) is 0 Å². The number of ketones is 1. The quantitative estimate of drug-likeness (QED) is 0.197. The molecule has 1 fully saturated rings. The highest BCUT2D eigenvalue weighted by atomic mass is 79.9. The number of para-hydroxylation sites is 1. The number of carbonyl (C=O) groups excluding carboxylic acids is 4. The van der Waals surface area contributed by atoms with Crippen LogP contribution in [0, 0.1) is 0 Å². The molecule has 4 N–H and O–H groups in total. The average molecular weight is 725 g/mol. The number of nitrogen functional groups attached to an aromatic ring is 1. The Balaban J connectivity index is 1.25. The zero-order chi connectivity index (χ0) is 31.2. The van der Waals surface area contributed by atoms with Gasteiger partial charge in [-0.15, -0.1) is 0 Å². The van der Waals surface area contributed by atoms with Gasteiger partial charge in [0.05, 0.1) is 5.69 Å². The molecule has 0 radical (unpaired) electrons. The van der Waals surface area contributed by atoms with Gasteiger partial charge < -0.3 is 26.2 Å². The van der Waals surface area contributed by atoms with E-state index in [1.54, 1.807) is 17.0 Å². The molecule has 11 heteroatoms. The van der Waals surface area contributed by atoms with Crippen LogP contribution in [0.1, 0.15) is 47.2 Å². The smallest absolute Gasteiger partial charge is 0.322 e. The molecule has 5 rings (SSSR count). The number of carbonyl (C=O) groups is 4. The molecule has 0 aliphatic carbocycles. The van der Waals surface area contributed by atoms with Gasteiger partial charge in [0.2, 0.25) is 11.8 Å². The van der Waals surface area contributed by atoms with E-state index in [4.69, 9.17) is 5.73 Å². The Bertz CT molecular complexity index is 1520. The molecule has 44 heavy (non-hydrogen) atoms. The number of aryl methyl sites for hydroxylation is 1. The number of hydrogen-bond acceptors (Lipinski definition) is 5. The van der Waals surface area contributed by atoms with Crippen LogP contribution in [0.2, 0.25) is 0 Å². The van der Waals surface area contributed by atoms with E-state index < -0.39 is 6.04 Å². The van der Waals surface area contributed by atoms with E-state index in [1.807, 2.05) is 59.5 Å². The third-order valence-corrected chi connectivity index (χ3v) is 9.58. The molecule has 0 spiro atoms. The van der Waals surface area contributed by atoms with Crippen LogP contribution in [0.5, 0.6) is 0 Å². The first-order valence-electron chi connectivity index (χ1n) is 14.7. The normalized spacial score (nSPS) is 16.0. The summed E-state index contributed by atoms with van der Waals surface area (Å²) in [5, 5.41) is 5.87. The molecule has 2 aliphatic heterocycles. The zero-order valence-electron chi connectivity index (χ0n) is 24.2. The maximum atomic E-state index is 13.8. The van der Waals surface area contributed by atoms with Gasteiger partial charge in [0, 0.05) is 58.7 Å². The van der Waals surface area contributed by atoms with Gasteiger partial charge in [-0.05, 0) is 86.9 Å². The summed E-state index contributed by atoms with van der Waals surface area (Å²) >= 11 is 6.75. The minimum absolute atomic E-state index is 0.0154. The first kappa shape index (κ1) is 31.7. The van der Waals surface area contributed by atoms with Crippen LogP contribution in [0.4, 0.5) is 16.2 Å². The highest BCUT2D eigenvalue weighted by Gasteiger charge is 2.34. The largest absolute Gasteiger partial charge is 0.397 e. The number of piperidine rings is 1. The van der Waals surface area contributed by atoms with Crippen molar-refractivity contribution in [1.29, 1.82) is 0 Å². The average Bonchev–Trinajstić information content (AvgIpc) is 3.20. The fraction of sp³-hybridized carbons (Fsp3) is 0.333. The Kier molecular flexibility index (Phi) is 10.4. The number of anilines is 2. The second-order valence-electron chi connectivity index (χ2n) is 11.2. The number of amides is 4. The summed E-state index contributed by atoms with van der Waals surface area (Å²) < 4.78 is 1.13. The molecule has 9 nitrogen and oxygen atoms in total. The third-order valence-electron chi connectivity index (χ3n) is 8.27. The predicted octanol–water partition coefficient (Wildman–Crippen LogP) is 5.57. The van der Waals surface area contributed by atoms with E-state index in [-0.39, 0.29) is 42.5 Å². The SMILES string of the molecule is Nc1c(Br)cc(C(=O)C[C@H](NC(=O)CCc2ccccc2)C(=O)N2CCC(N3CCc4ccccc4NC3=O)CC2)cc1Br. The number of rotatable bonds is 9. The molecular formula is C33H35Br2N5O4. The lowest BCUT2D eigenvalue weighted by atomic mass is 9.99. The topological polar surface area (TPSA) is 125 Å². The number of nitrogens with two attached hydrogens (primary N) is 1. The number of nitrogens with one attached hydrogen (secondary N) is 2. The molecule has 1 atom stereocenters. The number of urea groups is 1. The number of benzene rings is 3. The van der Waals surface area contributed by atoms with E-state index in [1.165, 1.54) is 0 Å². The van der Waals surface area contributed by atoms with Crippen molar-refractivity contribution in [2.75, 3.05) is 30.7 Å². The molecule has 0 bridgehead atoms. The highest BCUT2D eigenvalue weighted by Crippen LogP contribution is 2.30. The van der Waals surface area contributed by atoms with E-state index in [9.17, 15) is 19.2 Å². The molecule has 2 aliphatic rings. The van der Waals surface area contributed by atoms with Crippen LogP contribution in [-0.4, -0.2) is 65.1 Å². The van der Waals surface area contributed by atoms with Gasteiger partial charge in [0.15, 0.2) is 5.78 Å². The maximum absolute atomic E-state index is 13.8. The van der Waals surface area contributed by atoms with E-state index >= 15 is 0 Å². The summed E-state index contributed by atoms with van der Waals surface area (Å²) in [6, 6.07) is 19.5. The van der Waals surface area contributed by atoms with Gasteiger partial charge in [-0.1, -0.05) is 48.5 Å². The first-order chi connectivity index (χ1) is 21.2. The molecule has 3 aromatic rings. The van der Waals surface area contributed by atoms with Gasteiger partial charge >= 0.3 is 6.03 Å². The summed E-state index contributed by atoms with van der Waals surface area (Å²) in [7, 11) is 0. The molecule has 0 unspecified atom stereocenters. The van der Waals surface area contributed by atoms with Crippen molar-refractivity contribution in [3.8, 4) is 0 Å². The lowest BCUT2D eigenvalue weighted by Crippen LogP contribution is -2.54. The fourth-order valence-corrected chi connectivity index (χ4v) is 6.96. The number of fused-ring (bicyclic) bond motifs is 1. The van der Waals surface area contributed by atoms with E-state index in [0.717, 1.165) is 23.2 Å². The molecule has 1 saturated heterocycles. The van der Waals surface area contributed by atoms with Gasteiger partial charge in [-0.2, -0.15) is 0 Å². The van der Waals surface area contributed by atoms with Crippen LogP contribution in [0.25, 0.3) is 0 Å². The van der Waals surface area contributed by atoms with Crippen molar-refractivity contribution in [2.45, 2.75) is 50.6 Å². The number of likely N-dealkylation sites (tertiary alicyclic amines) is 1. The minimum atomic E-state index is -1.02. The van der Waals surface area contributed by atoms with Crippen LogP contribution in [-0.2, 0) is 22.4 Å². The fourth-order valence-electron chi connectivity index (χ4n) is 5.77. The highest BCUT2D eigenvalue weighted by molar-refractivity contribution is 9.11. The minimum Gasteiger partial charge on any atom is -0.397 e. The Morgan fingerprint density at radius 1 is 0.955 bits per heavy atom. The lowest BCUT2D eigenvalue weighted by molar-refractivity contribution is -0.137. The molecule has 230 valence electrons. The third kappa shape index (κ3) is 7.68. The number of nitrogens with zero attached hydrogens (tertiary/aromatic N) is 2. The lowest BCUT2D eigenvalue weighted by Gasteiger charge is -2.39. The maximum Gasteiger partial charge on any atom is 0.322 e. The Hall–Kier alpha value is -3.70. The molecule has 3 aromatic carbocycles. The van der Waals surface area contributed by atoms with Crippen molar-refractivity contribution >= 4 is 66.9 Å². The van der Waals surface area contributed by atoms with E-state index in [2.05, 4.69) is 42.5 Å². The summed E-state index contributed by atoms with van der Waals surface area (Å²) in [6.07, 6.45) is 2.49. The summed E-state index contributed by atoms with van der Waals surface area (Å²) in [6.45, 7) is 1.44. The van der Waals surface area contributed by atoms with Crippen molar-refractivity contribution in [1.82, 2.24) is 15.1 Å². The summed E-state index contributed by atoms with van der Waals surface area (Å²) in [5.74, 6) is -0.884. The summed E-state index contributed by atoms with van der Waals surface area (Å²) in [4.78, 5) is 56.9. The van der Waals surface area contributed by atoms with Crippen molar-refractivity contribution in [3.05, 3.63) is 92.4 Å². The van der Waals surface area contributed by atoms with Crippen LogP contribution < -0.4 is 16.4 Å². The second kappa shape index (κ2) is 14.4. The van der Waals surface area contributed by atoms with Crippen LogP contribution >= 0.6 is 31.9 Å². The second-order valence-corrected chi connectivity index (χ2v) is 12.9. The Morgan fingerprint density at radius 3 is 2.32 bits per heavy atom. The van der Waals surface area contributed by atoms with Gasteiger partial charge in [0.1, 0.15) is 6.04 Å². The van der Waals surface area contributed by atoms with Crippen LogP contribution in [0.3, 0.4) is 0 Å². The van der Waals surface area contributed by atoms with Crippen molar-refractivity contribution in [2.24, 2.45) is 0 Å². The van der Waals surface area contributed by atoms with E-state index in [0.29, 0.717) is 59.1 Å². The number of Topliss-reactive ketones (excluding diaryl/α,β-unsaturated/α-hetero) is 1. The first-order valence-corrected chi connectivity index (χ1v) is 16.3. The van der Waals surface area contributed by atoms with Crippen LogP contribution in [0.15, 0.2) is 75.7 Å². The molecule has 0 aromatic heterocycles. The standard InChI is InChI=1S/C33H35Br2N5O4/c34-25-18-23(19-26(35)31(25)36)29(41)20-28(37-30(42)11-10-21-6-2-1-3-7-21)32(43)39-15-13-24(14-16-39)40-17-12-22-8-4-5-9-27(22)38-33(40)44/h1-9,18-19,24,28H,10-17,20,36H2,(H,37,42)(H,38,44)/t28-/m0/s1. The number of hydrogen-bond donors (Lipinski definition) is 3. The van der Waals surface area contributed by atoms with Crippen molar-refractivity contribution < 1.29 is 19.2 Å². The van der Waals surface area contributed by atoms with Gasteiger partial charge in [-0.3, -0.25) is 14.4 Å². The Morgan fingerprint density at radius 2 is 1.61 bits per heavy atom. The summed E-state index contributed by atoms with van der Waals surface area (Å²) in [5.41, 5.74) is 9.79.